The zero-order valence-corrected chi connectivity index (χ0v) is 22.9. The molecule has 2 aromatic carbocycles. The average molecular weight is 534 g/mol. The Morgan fingerprint density at radius 2 is 1.81 bits per heavy atom. The fraction of sp³-hybridized carbons (Fsp3) is 0.367. The summed E-state index contributed by atoms with van der Waals surface area (Å²) in [4.78, 5) is 25.2. The van der Waals surface area contributed by atoms with Crippen LogP contribution in [-0.4, -0.2) is 33.4 Å². The van der Waals surface area contributed by atoms with Crippen molar-refractivity contribution in [2.75, 3.05) is 6.61 Å². The number of hydrogen-bond acceptors (Lipinski definition) is 5. The van der Waals surface area contributed by atoms with Crippen LogP contribution in [0.25, 0.3) is 21.2 Å². The number of halogens is 1. The highest BCUT2D eigenvalue weighted by Gasteiger charge is 2.32. The Bertz CT molecular complexity index is 1370. The molecule has 0 radical (unpaired) electrons. The summed E-state index contributed by atoms with van der Waals surface area (Å²) in [7, 11) is 0. The highest BCUT2D eigenvalue weighted by Crippen LogP contribution is 2.39. The second kappa shape index (κ2) is 11.6. The molecule has 0 atom stereocenters. The van der Waals surface area contributed by atoms with Gasteiger partial charge in [-0.3, -0.25) is 4.79 Å². The number of thiophene rings is 1. The van der Waals surface area contributed by atoms with E-state index < -0.39 is 0 Å². The van der Waals surface area contributed by atoms with E-state index in [-0.39, 0.29) is 11.9 Å². The van der Waals surface area contributed by atoms with Crippen molar-refractivity contribution in [2.24, 2.45) is 5.92 Å². The largest absolute Gasteiger partial charge is 0.494 e. The smallest absolute Gasteiger partial charge is 0.266 e. The topological polar surface area (TPSA) is 55.3 Å². The molecule has 1 aliphatic carbocycles. The van der Waals surface area contributed by atoms with Crippen LogP contribution in [0, 0.1) is 5.92 Å². The van der Waals surface area contributed by atoms with Crippen molar-refractivity contribution in [3.8, 4) is 16.9 Å². The van der Waals surface area contributed by atoms with E-state index in [4.69, 9.17) is 16.3 Å². The number of carbonyl (C=O) groups excluding carboxylic acids is 1. The number of amides is 1. The maximum absolute atomic E-state index is 14.2. The van der Waals surface area contributed by atoms with Gasteiger partial charge < -0.3 is 9.64 Å². The van der Waals surface area contributed by atoms with E-state index in [1.807, 2.05) is 48.2 Å². The molecule has 0 saturated heterocycles. The number of carbonyl (C=O) groups is 1. The Morgan fingerprint density at radius 1 is 1.05 bits per heavy atom. The van der Waals surface area contributed by atoms with Gasteiger partial charge in [-0.2, -0.15) is 0 Å². The van der Waals surface area contributed by atoms with Crippen LogP contribution in [0.2, 0.25) is 5.02 Å². The quantitative estimate of drug-likeness (QED) is 0.230. The highest BCUT2D eigenvalue weighted by molar-refractivity contribution is 7.21. The first-order valence-electron chi connectivity index (χ1n) is 13.1. The average Bonchev–Trinajstić information content (AvgIpc) is 3.29. The number of ether oxygens (including phenoxy) is 1. The normalized spacial score (nSPS) is 17.6. The van der Waals surface area contributed by atoms with E-state index in [0.717, 1.165) is 64.1 Å². The predicted octanol–water partition coefficient (Wildman–Crippen LogP) is 8.02. The fourth-order valence-corrected chi connectivity index (χ4v) is 6.79. The third-order valence-electron chi connectivity index (χ3n) is 7.42. The molecule has 0 N–H and O–H groups in total. The molecule has 1 aliphatic rings. The first kappa shape index (κ1) is 25.7. The van der Waals surface area contributed by atoms with Crippen molar-refractivity contribution < 1.29 is 9.53 Å². The molecule has 5 rings (SSSR count). The molecule has 2 aromatic heterocycles. The van der Waals surface area contributed by atoms with Gasteiger partial charge in [-0.1, -0.05) is 49.2 Å². The zero-order valence-electron chi connectivity index (χ0n) is 21.3. The molecule has 1 fully saturated rings. The molecule has 4 aromatic rings. The Kier molecular flexibility index (Phi) is 8.06. The van der Waals surface area contributed by atoms with E-state index in [1.54, 1.807) is 12.4 Å². The fourth-order valence-electron chi connectivity index (χ4n) is 5.32. The number of nitrogens with zero attached hydrogens (tertiary/aromatic N) is 3. The van der Waals surface area contributed by atoms with Gasteiger partial charge in [0.2, 0.25) is 0 Å². The molecule has 0 spiro atoms. The van der Waals surface area contributed by atoms with Gasteiger partial charge in [0.15, 0.2) is 0 Å². The summed E-state index contributed by atoms with van der Waals surface area (Å²) in [5, 5.41) is 1.49. The molecule has 2 heterocycles. The number of rotatable bonds is 8. The van der Waals surface area contributed by atoms with Gasteiger partial charge in [-0.05, 0) is 62.3 Å². The van der Waals surface area contributed by atoms with E-state index in [1.165, 1.54) is 24.1 Å². The predicted molar refractivity (Wildman–Crippen MR) is 151 cm³/mol. The summed E-state index contributed by atoms with van der Waals surface area (Å²) in [5.74, 6) is 1.54. The summed E-state index contributed by atoms with van der Waals surface area (Å²) in [6.45, 7) is 5.26. The monoisotopic (exact) mass is 533 g/mol. The molecule has 0 aliphatic heterocycles. The van der Waals surface area contributed by atoms with Crippen molar-refractivity contribution in [3.05, 3.63) is 76.6 Å². The Morgan fingerprint density at radius 3 is 2.51 bits per heavy atom. The van der Waals surface area contributed by atoms with Crippen LogP contribution in [-0.2, 0) is 6.54 Å². The van der Waals surface area contributed by atoms with Crippen molar-refractivity contribution in [3.63, 3.8) is 0 Å². The minimum Gasteiger partial charge on any atom is -0.494 e. The lowest BCUT2D eigenvalue weighted by molar-refractivity contribution is 0.0590. The molecule has 1 amide bonds. The van der Waals surface area contributed by atoms with Gasteiger partial charge >= 0.3 is 0 Å². The molecule has 37 heavy (non-hydrogen) atoms. The van der Waals surface area contributed by atoms with Gasteiger partial charge in [-0.15, -0.1) is 11.3 Å². The Hall–Kier alpha value is -2.96. The summed E-state index contributed by atoms with van der Waals surface area (Å²) in [6.07, 6.45) is 10.6. The lowest BCUT2D eigenvalue weighted by Gasteiger charge is -2.37. The third-order valence-corrected chi connectivity index (χ3v) is 9.08. The van der Waals surface area contributed by atoms with Crippen molar-refractivity contribution >= 4 is 38.9 Å². The van der Waals surface area contributed by atoms with Crippen LogP contribution in [0.15, 0.2) is 61.2 Å². The van der Waals surface area contributed by atoms with Gasteiger partial charge in [0.25, 0.3) is 5.91 Å². The summed E-state index contributed by atoms with van der Waals surface area (Å²) < 4.78 is 7.05. The van der Waals surface area contributed by atoms with Crippen LogP contribution >= 0.6 is 22.9 Å². The second-order valence-corrected chi connectivity index (χ2v) is 11.1. The Balaban J connectivity index is 1.53. The van der Waals surface area contributed by atoms with Gasteiger partial charge in [0.1, 0.15) is 17.0 Å². The number of fused-ring (bicyclic) bond motifs is 1. The lowest BCUT2D eigenvalue weighted by Crippen LogP contribution is -2.41. The SMILES string of the molecule is CCOc1ccc(-c2cncnc2)cc1CN(C(=O)c1sc2ccccc2c1Cl)C1CCC(CC)CC1. The molecule has 192 valence electrons. The summed E-state index contributed by atoms with van der Waals surface area (Å²) >= 11 is 8.28. The van der Waals surface area contributed by atoms with Gasteiger partial charge in [0.05, 0.1) is 11.6 Å². The molecular formula is C30H32ClN3O2S. The second-order valence-electron chi connectivity index (χ2n) is 9.64. The number of benzene rings is 2. The van der Waals surface area contributed by atoms with Crippen molar-refractivity contribution in [1.82, 2.24) is 14.9 Å². The third kappa shape index (κ3) is 5.51. The summed E-state index contributed by atoms with van der Waals surface area (Å²) in [6, 6.07) is 14.2. The van der Waals surface area contributed by atoms with Crippen LogP contribution in [0.3, 0.4) is 0 Å². The maximum atomic E-state index is 14.2. The Labute approximate surface area is 227 Å². The minimum absolute atomic E-state index is 0.00189. The highest BCUT2D eigenvalue weighted by atomic mass is 35.5. The molecule has 1 saturated carbocycles. The first-order chi connectivity index (χ1) is 18.1. The van der Waals surface area contributed by atoms with E-state index in [9.17, 15) is 4.79 Å². The van der Waals surface area contributed by atoms with E-state index >= 15 is 0 Å². The zero-order chi connectivity index (χ0) is 25.8. The molecular weight excluding hydrogens is 502 g/mol. The van der Waals surface area contributed by atoms with Crippen LogP contribution in [0.1, 0.15) is 61.2 Å². The van der Waals surface area contributed by atoms with Crippen LogP contribution < -0.4 is 4.74 Å². The van der Waals surface area contributed by atoms with Crippen molar-refractivity contribution in [2.45, 2.75) is 58.5 Å². The lowest BCUT2D eigenvalue weighted by atomic mass is 9.83. The molecule has 0 bridgehead atoms. The summed E-state index contributed by atoms with van der Waals surface area (Å²) in [5.41, 5.74) is 2.91. The van der Waals surface area contributed by atoms with Gasteiger partial charge in [0, 0.05) is 46.2 Å². The first-order valence-corrected chi connectivity index (χ1v) is 14.3. The van der Waals surface area contributed by atoms with Crippen molar-refractivity contribution in [1.29, 1.82) is 0 Å². The van der Waals surface area contributed by atoms with Crippen LogP contribution in [0.5, 0.6) is 5.75 Å². The van der Waals surface area contributed by atoms with E-state index in [0.29, 0.717) is 23.1 Å². The molecule has 0 unspecified atom stereocenters. The van der Waals surface area contributed by atoms with Gasteiger partial charge in [-0.25, -0.2) is 9.97 Å². The molecule has 7 heteroatoms. The number of hydrogen-bond donors (Lipinski definition) is 0. The minimum atomic E-state index is 0.00189. The van der Waals surface area contributed by atoms with E-state index in [2.05, 4.69) is 23.0 Å². The van der Waals surface area contributed by atoms with Crippen LogP contribution in [0.4, 0.5) is 0 Å². The standard InChI is InChI=1S/C30H32ClN3O2S/c1-3-20-9-12-24(13-10-20)34(30(35)29-28(31)25-7-5-6-8-27(25)37-29)18-22-15-21(11-14-26(22)36-4-2)23-16-32-19-33-17-23/h5-8,11,14-17,19-20,24H,3-4,9-10,12-13,18H2,1-2H3. The maximum Gasteiger partial charge on any atom is 0.266 e. The molecule has 5 nitrogen and oxygen atoms in total. The number of aromatic nitrogens is 2.